The molecule has 0 bridgehead atoms. The Bertz CT molecular complexity index is 3110. The van der Waals surface area contributed by atoms with Crippen LogP contribution in [0.5, 0.6) is 0 Å². The minimum absolute atomic E-state index is 0.367. The number of nitrogens with zero attached hydrogens (tertiary/aromatic N) is 2. The van der Waals surface area contributed by atoms with Crippen LogP contribution in [0.4, 0.5) is 0 Å². The van der Waals surface area contributed by atoms with Crippen LogP contribution in [0.3, 0.4) is 0 Å². The summed E-state index contributed by atoms with van der Waals surface area (Å²) in [5.41, 5.74) is 15.9. The number of hydrogen-bond acceptors (Lipinski definition) is 0. The van der Waals surface area contributed by atoms with Crippen molar-refractivity contribution in [2.75, 3.05) is 0 Å². The monoisotopic (exact) mass is 648 g/mol. The number of allylic oxidation sites excluding steroid dienone is 4. The molecule has 2 heteroatoms. The van der Waals surface area contributed by atoms with E-state index < -0.39 is 0 Å². The maximum Gasteiger partial charge on any atom is 0.0620 e. The lowest BCUT2D eigenvalue weighted by Gasteiger charge is -2.26. The first-order valence-electron chi connectivity index (χ1n) is 18.1. The normalized spacial score (nSPS) is 17.0. The highest BCUT2D eigenvalue weighted by molar-refractivity contribution is 6.23. The van der Waals surface area contributed by atoms with Crippen molar-refractivity contribution in [3.8, 4) is 22.3 Å². The zero-order chi connectivity index (χ0) is 33.2. The molecule has 0 spiro atoms. The Morgan fingerprint density at radius 1 is 0.471 bits per heavy atom. The zero-order valence-corrected chi connectivity index (χ0v) is 27.9. The molecule has 2 nitrogen and oxygen atoms in total. The molecule has 12 rings (SSSR count). The molecular weight excluding hydrogens is 617 g/mol. The van der Waals surface area contributed by atoms with E-state index in [4.69, 9.17) is 0 Å². The van der Waals surface area contributed by atoms with E-state index in [1.165, 1.54) is 99.0 Å². The van der Waals surface area contributed by atoms with Gasteiger partial charge < -0.3 is 8.97 Å². The van der Waals surface area contributed by atoms with Crippen LogP contribution < -0.4 is 0 Å². The molecular formula is C49H32N2. The first-order valence-corrected chi connectivity index (χ1v) is 18.1. The molecule has 0 aliphatic heterocycles. The fourth-order valence-corrected chi connectivity index (χ4v) is 9.80. The molecule has 0 amide bonds. The van der Waals surface area contributed by atoms with Crippen LogP contribution in [0.25, 0.3) is 87.9 Å². The van der Waals surface area contributed by atoms with Crippen molar-refractivity contribution in [2.24, 2.45) is 5.92 Å². The van der Waals surface area contributed by atoms with Gasteiger partial charge in [-0.05, 0) is 76.2 Å². The molecule has 51 heavy (non-hydrogen) atoms. The number of rotatable bonds is 3. The molecule has 2 aliphatic rings. The summed E-state index contributed by atoms with van der Waals surface area (Å²) in [6.07, 6.45) is 8.12. The van der Waals surface area contributed by atoms with Gasteiger partial charge in [0.15, 0.2) is 0 Å². The second kappa shape index (κ2) is 10.1. The van der Waals surface area contributed by atoms with Gasteiger partial charge in [0.05, 0.1) is 27.6 Å². The summed E-state index contributed by atoms with van der Waals surface area (Å²) in [4.78, 5) is 0. The van der Waals surface area contributed by atoms with E-state index in [1.807, 2.05) is 0 Å². The summed E-state index contributed by atoms with van der Waals surface area (Å²) >= 11 is 0. The Morgan fingerprint density at radius 2 is 1.14 bits per heavy atom. The van der Waals surface area contributed by atoms with Gasteiger partial charge in [-0.25, -0.2) is 0 Å². The molecule has 3 heterocycles. The van der Waals surface area contributed by atoms with Gasteiger partial charge in [0, 0.05) is 49.9 Å². The van der Waals surface area contributed by atoms with Gasteiger partial charge >= 0.3 is 0 Å². The molecule has 238 valence electrons. The summed E-state index contributed by atoms with van der Waals surface area (Å²) < 4.78 is 5.04. The van der Waals surface area contributed by atoms with Crippen molar-refractivity contribution in [1.82, 2.24) is 8.97 Å². The largest absolute Gasteiger partial charge is 0.313 e. The van der Waals surface area contributed by atoms with E-state index in [0.29, 0.717) is 11.8 Å². The van der Waals surface area contributed by atoms with E-state index in [-0.39, 0.29) is 0 Å². The van der Waals surface area contributed by atoms with Crippen LogP contribution in [-0.4, -0.2) is 8.97 Å². The molecule has 0 saturated carbocycles. The Morgan fingerprint density at radius 3 is 2.00 bits per heavy atom. The van der Waals surface area contributed by atoms with Gasteiger partial charge in [0.2, 0.25) is 0 Å². The van der Waals surface area contributed by atoms with Crippen molar-refractivity contribution in [2.45, 2.75) is 12.3 Å². The molecule has 0 saturated heterocycles. The molecule has 0 N–H and O–H groups in total. The lowest BCUT2D eigenvalue weighted by atomic mass is 9.86. The Balaban J connectivity index is 1.02. The quantitative estimate of drug-likeness (QED) is 0.180. The second-order valence-corrected chi connectivity index (χ2v) is 14.4. The van der Waals surface area contributed by atoms with Gasteiger partial charge in [-0.1, -0.05) is 133 Å². The molecule has 2 aliphatic carbocycles. The molecule has 7 aromatic carbocycles. The first kappa shape index (κ1) is 27.4. The number of fused-ring (bicyclic) bond motifs is 12. The predicted octanol–water partition coefficient (Wildman–Crippen LogP) is 12.6. The summed E-state index contributed by atoms with van der Waals surface area (Å²) in [5, 5.41) is 7.87. The Labute approximate surface area is 295 Å². The Kier molecular flexibility index (Phi) is 5.43. The van der Waals surface area contributed by atoms with Gasteiger partial charge in [0.25, 0.3) is 0 Å². The molecule has 0 fully saturated rings. The third kappa shape index (κ3) is 3.66. The van der Waals surface area contributed by atoms with E-state index >= 15 is 0 Å². The van der Waals surface area contributed by atoms with E-state index in [1.54, 1.807) is 0 Å². The predicted molar refractivity (Wildman–Crippen MR) is 215 cm³/mol. The molecule has 10 aromatic rings. The molecule has 0 radical (unpaired) electrons. The van der Waals surface area contributed by atoms with Crippen molar-refractivity contribution in [1.29, 1.82) is 0 Å². The highest BCUT2D eigenvalue weighted by Crippen LogP contribution is 2.50. The number of para-hydroxylation sites is 3. The SMILES string of the molecule is C1=CC2c3cccc(-c4ccccc4)c3CC2C(n2c3ccccc3c3cc(-c4ccc5c6cccc7c8ccccc8n(c5c4)c76)ccc32)=C1. The third-order valence-corrected chi connectivity index (χ3v) is 12.0. The summed E-state index contributed by atoms with van der Waals surface area (Å²) in [6.45, 7) is 0. The zero-order valence-electron chi connectivity index (χ0n) is 27.9. The van der Waals surface area contributed by atoms with Crippen LogP contribution in [0, 0.1) is 5.92 Å². The number of hydrogen-bond donors (Lipinski definition) is 0. The highest BCUT2D eigenvalue weighted by atomic mass is 15.0. The third-order valence-electron chi connectivity index (χ3n) is 12.0. The lowest BCUT2D eigenvalue weighted by molar-refractivity contribution is 0.626. The Hall–Kier alpha value is -6.38. The maximum absolute atomic E-state index is 2.56. The van der Waals surface area contributed by atoms with Crippen LogP contribution in [0.1, 0.15) is 17.0 Å². The molecule has 2 atom stereocenters. The van der Waals surface area contributed by atoms with Crippen LogP contribution in [0.2, 0.25) is 0 Å². The van der Waals surface area contributed by atoms with Crippen LogP contribution in [0.15, 0.2) is 170 Å². The number of benzene rings is 7. The summed E-state index contributed by atoms with van der Waals surface area (Å²) in [6, 6.07) is 56.5. The van der Waals surface area contributed by atoms with Gasteiger partial charge in [0.1, 0.15) is 0 Å². The van der Waals surface area contributed by atoms with Crippen LogP contribution >= 0.6 is 0 Å². The highest BCUT2D eigenvalue weighted by Gasteiger charge is 2.37. The fourth-order valence-electron chi connectivity index (χ4n) is 9.80. The standard InChI is InChI=1S/C49H32N2/c1-2-11-30(12-3-1)33-15-8-16-34-35-17-10-22-46(43(35)29-41(33)34)50-44-20-6-5-14-37(44)42-27-31(24-26-47(42)50)32-23-25-38-40-19-9-18-39-36-13-4-7-21-45(36)51(49(39)40)48(38)28-32/h1-28,35,43H,29H2. The smallest absolute Gasteiger partial charge is 0.0620 e. The van der Waals surface area contributed by atoms with Crippen molar-refractivity contribution < 1.29 is 0 Å². The average molecular weight is 649 g/mol. The van der Waals surface area contributed by atoms with Gasteiger partial charge in [-0.15, -0.1) is 0 Å². The number of aromatic nitrogens is 2. The van der Waals surface area contributed by atoms with Crippen molar-refractivity contribution in [3.63, 3.8) is 0 Å². The van der Waals surface area contributed by atoms with Gasteiger partial charge in [-0.3, -0.25) is 0 Å². The van der Waals surface area contributed by atoms with E-state index in [9.17, 15) is 0 Å². The van der Waals surface area contributed by atoms with Gasteiger partial charge in [-0.2, -0.15) is 0 Å². The molecule has 3 aromatic heterocycles. The minimum atomic E-state index is 0.367. The van der Waals surface area contributed by atoms with E-state index in [2.05, 4.69) is 179 Å². The van der Waals surface area contributed by atoms with Crippen molar-refractivity contribution >= 4 is 65.6 Å². The topological polar surface area (TPSA) is 9.34 Å². The fraction of sp³-hybridized carbons (Fsp3) is 0.0612. The summed E-state index contributed by atoms with van der Waals surface area (Å²) in [7, 11) is 0. The average Bonchev–Trinajstić information content (AvgIpc) is 3.94. The first-order chi connectivity index (χ1) is 25.3. The molecule has 2 unspecified atom stereocenters. The van der Waals surface area contributed by atoms with E-state index in [0.717, 1.165) is 6.42 Å². The van der Waals surface area contributed by atoms with Crippen LogP contribution in [-0.2, 0) is 6.42 Å². The van der Waals surface area contributed by atoms with Crippen molar-refractivity contribution in [3.05, 3.63) is 181 Å². The lowest BCUT2D eigenvalue weighted by Crippen LogP contribution is -2.15. The summed E-state index contributed by atoms with van der Waals surface area (Å²) in [5.74, 6) is 0.742. The second-order valence-electron chi connectivity index (χ2n) is 14.4. The maximum atomic E-state index is 2.56. The minimum Gasteiger partial charge on any atom is -0.313 e.